The predicted octanol–water partition coefficient (Wildman–Crippen LogP) is 1.54. The maximum Gasteiger partial charge on any atom is 0.326 e. The average molecular weight is 239 g/mol. The summed E-state index contributed by atoms with van der Waals surface area (Å²) in [6, 6.07) is 0.958. The van der Waals surface area contributed by atoms with Gasteiger partial charge in [-0.15, -0.1) is 0 Å². The Kier molecular flexibility index (Phi) is 5.19. The molecule has 0 saturated carbocycles. The van der Waals surface area contributed by atoms with Gasteiger partial charge in [0.15, 0.2) is 0 Å². The quantitative estimate of drug-likeness (QED) is 0.750. The minimum atomic E-state index is -0.886. The summed E-state index contributed by atoms with van der Waals surface area (Å²) in [5.41, 5.74) is 0. The Morgan fingerprint density at radius 3 is 2.88 bits per heavy atom. The molecule has 1 unspecified atom stereocenters. The molecule has 0 aromatic carbocycles. The van der Waals surface area contributed by atoms with Crippen LogP contribution in [-0.2, 0) is 4.79 Å². The monoisotopic (exact) mass is 239 g/mol. The first-order valence-electron chi connectivity index (χ1n) is 5.61. The molecular weight excluding hydrogens is 222 g/mol. The van der Waals surface area contributed by atoms with Gasteiger partial charge in [0, 0.05) is 6.07 Å². The largest absolute Gasteiger partial charge is 0.480 e. The van der Waals surface area contributed by atoms with E-state index in [1.54, 1.807) is 6.07 Å². The Labute approximate surface area is 100 Å². The number of nitrogens with zero attached hydrogens (tertiary/aromatic N) is 2. The second kappa shape index (κ2) is 6.67. The molecule has 6 heteroatoms. The average Bonchev–Trinajstić information content (AvgIpc) is 2.29. The Bertz CT molecular complexity index is 371. The SMILES string of the molecule is CCCC(Nc1cc(OCC)ncn1)C(=O)O. The van der Waals surface area contributed by atoms with E-state index >= 15 is 0 Å². The zero-order valence-corrected chi connectivity index (χ0v) is 10.0. The van der Waals surface area contributed by atoms with E-state index in [0.717, 1.165) is 6.42 Å². The van der Waals surface area contributed by atoms with Crippen LogP contribution in [0.15, 0.2) is 12.4 Å². The maximum atomic E-state index is 11.0. The van der Waals surface area contributed by atoms with Gasteiger partial charge in [0.25, 0.3) is 0 Å². The highest BCUT2D eigenvalue weighted by Crippen LogP contribution is 2.13. The summed E-state index contributed by atoms with van der Waals surface area (Å²) in [5, 5.41) is 11.8. The summed E-state index contributed by atoms with van der Waals surface area (Å²) in [6.07, 6.45) is 2.68. The van der Waals surface area contributed by atoms with E-state index in [-0.39, 0.29) is 0 Å². The van der Waals surface area contributed by atoms with Gasteiger partial charge in [-0.3, -0.25) is 0 Å². The lowest BCUT2D eigenvalue weighted by molar-refractivity contribution is -0.138. The molecule has 0 saturated heterocycles. The number of carbonyl (C=O) groups is 1. The van der Waals surface area contributed by atoms with Crippen LogP contribution in [0.3, 0.4) is 0 Å². The minimum Gasteiger partial charge on any atom is -0.480 e. The molecular formula is C11H17N3O3. The predicted molar refractivity (Wildman–Crippen MR) is 63.2 cm³/mol. The van der Waals surface area contributed by atoms with Crippen LogP contribution >= 0.6 is 0 Å². The normalized spacial score (nSPS) is 11.9. The van der Waals surface area contributed by atoms with Gasteiger partial charge in [0.2, 0.25) is 5.88 Å². The van der Waals surface area contributed by atoms with Crippen LogP contribution in [0.2, 0.25) is 0 Å². The van der Waals surface area contributed by atoms with Crippen LogP contribution in [0, 0.1) is 0 Å². The summed E-state index contributed by atoms with van der Waals surface area (Å²) in [5.74, 6) is 0.0124. The molecule has 0 amide bonds. The Hall–Kier alpha value is -1.85. The Morgan fingerprint density at radius 2 is 2.29 bits per heavy atom. The van der Waals surface area contributed by atoms with Crippen molar-refractivity contribution in [2.24, 2.45) is 0 Å². The van der Waals surface area contributed by atoms with E-state index in [1.807, 2.05) is 13.8 Å². The number of carboxylic acid groups (broad SMARTS) is 1. The van der Waals surface area contributed by atoms with Gasteiger partial charge < -0.3 is 15.2 Å². The van der Waals surface area contributed by atoms with Gasteiger partial charge in [0.05, 0.1) is 6.61 Å². The first-order valence-corrected chi connectivity index (χ1v) is 5.61. The van der Waals surface area contributed by atoms with Crippen LogP contribution in [0.1, 0.15) is 26.7 Å². The van der Waals surface area contributed by atoms with Crippen molar-refractivity contribution in [2.45, 2.75) is 32.7 Å². The van der Waals surface area contributed by atoms with Gasteiger partial charge in [-0.2, -0.15) is 0 Å². The van der Waals surface area contributed by atoms with Gasteiger partial charge in [-0.05, 0) is 13.3 Å². The van der Waals surface area contributed by atoms with Gasteiger partial charge in [0.1, 0.15) is 18.2 Å². The van der Waals surface area contributed by atoms with E-state index in [9.17, 15) is 4.79 Å². The van der Waals surface area contributed by atoms with Crippen LogP contribution in [0.5, 0.6) is 5.88 Å². The van der Waals surface area contributed by atoms with Crippen LogP contribution in [0.25, 0.3) is 0 Å². The Morgan fingerprint density at radius 1 is 1.53 bits per heavy atom. The molecule has 17 heavy (non-hydrogen) atoms. The smallest absolute Gasteiger partial charge is 0.326 e. The third-order valence-electron chi connectivity index (χ3n) is 2.13. The molecule has 0 aliphatic rings. The number of rotatable bonds is 7. The van der Waals surface area contributed by atoms with Gasteiger partial charge in [-0.1, -0.05) is 13.3 Å². The summed E-state index contributed by atoms with van der Waals surface area (Å²) < 4.78 is 5.21. The fourth-order valence-corrected chi connectivity index (χ4v) is 1.37. The molecule has 2 N–H and O–H groups in total. The molecule has 1 rings (SSSR count). The zero-order chi connectivity index (χ0) is 12.7. The molecule has 94 valence electrons. The highest BCUT2D eigenvalue weighted by atomic mass is 16.5. The first kappa shape index (κ1) is 13.2. The number of hydrogen-bond acceptors (Lipinski definition) is 5. The van der Waals surface area contributed by atoms with Crippen LogP contribution < -0.4 is 10.1 Å². The summed E-state index contributed by atoms with van der Waals surface area (Å²) in [6.45, 7) is 4.29. The molecule has 1 aromatic heterocycles. The number of carboxylic acids is 1. The molecule has 0 spiro atoms. The number of hydrogen-bond donors (Lipinski definition) is 2. The zero-order valence-electron chi connectivity index (χ0n) is 10.0. The molecule has 1 atom stereocenters. The highest BCUT2D eigenvalue weighted by Gasteiger charge is 2.16. The molecule has 1 aromatic rings. The van der Waals surface area contributed by atoms with E-state index in [0.29, 0.717) is 24.7 Å². The maximum absolute atomic E-state index is 11.0. The van der Waals surface area contributed by atoms with Crippen molar-refractivity contribution in [3.8, 4) is 5.88 Å². The van der Waals surface area contributed by atoms with Crippen molar-refractivity contribution in [1.82, 2.24) is 9.97 Å². The molecule has 0 bridgehead atoms. The number of ether oxygens (including phenoxy) is 1. The van der Waals surface area contributed by atoms with Crippen molar-refractivity contribution < 1.29 is 14.6 Å². The molecule has 0 radical (unpaired) electrons. The van der Waals surface area contributed by atoms with E-state index < -0.39 is 12.0 Å². The second-order valence-electron chi connectivity index (χ2n) is 3.50. The van der Waals surface area contributed by atoms with E-state index in [2.05, 4.69) is 15.3 Å². The third kappa shape index (κ3) is 4.26. The van der Waals surface area contributed by atoms with Crippen molar-refractivity contribution in [1.29, 1.82) is 0 Å². The molecule has 1 heterocycles. The minimum absolute atomic E-state index is 0.436. The van der Waals surface area contributed by atoms with Gasteiger partial charge in [-0.25, -0.2) is 14.8 Å². The van der Waals surface area contributed by atoms with Crippen molar-refractivity contribution in [3.63, 3.8) is 0 Å². The molecule has 6 nitrogen and oxygen atoms in total. The highest BCUT2D eigenvalue weighted by molar-refractivity contribution is 5.76. The number of aromatic nitrogens is 2. The number of aliphatic carboxylic acids is 1. The van der Waals surface area contributed by atoms with Crippen molar-refractivity contribution >= 4 is 11.8 Å². The third-order valence-corrected chi connectivity index (χ3v) is 2.13. The summed E-state index contributed by atoms with van der Waals surface area (Å²) in [4.78, 5) is 18.8. The summed E-state index contributed by atoms with van der Waals surface area (Å²) >= 11 is 0. The van der Waals surface area contributed by atoms with Crippen LogP contribution in [-0.4, -0.2) is 33.7 Å². The lowest BCUT2D eigenvalue weighted by Gasteiger charge is -2.14. The van der Waals surface area contributed by atoms with Gasteiger partial charge >= 0.3 is 5.97 Å². The molecule has 0 aliphatic carbocycles. The van der Waals surface area contributed by atoms with Crippen LogP contribution in [0.4, 0.5) is 5.82 Å². The molecule has 0 aliphatic heterocycles. The number of anilines is 1. The molecule has 0 fully saturated rings. The van der Waals surface area contributed by atoms with Crippen molar-refractivity contribution in [3.05, 3.63) is 12.4 Å². The topological polar surface area (TPSA) is 84.3 Å². The standard InChI is InChI=1S/C11H17N3O3/c1-3-5-8(11(15)16)14-9-6-10(17-4-2)13-7-12-9/h6-8H,3-5H2,1-2H3,(H,15,16)(H,12,13,14). The van der Waals surface area contributed by atoms with E-state index in [1.165, 1.54) is 6.33 Å². The second-order valence-corrected chi connectivity index (χ2v) is 3.50. The first-order chi connectivity index (χ1) is 8.17. The van der Waals surface area contributed by atoms with Crippen molar-refractivity contribution in [2.75, 3.05) is 11.9 Å². The van der Waals surface area contributed by atoms with E-state index in [4.69, 9.17) is 9.84 Å². The lowest BCUT2D eigenvalue weighted by Crippen LogP contribution is -2.29. The fraction of sp³-hybridized carbons (Fsp3) is 0.545. The Balaban J connectivity index is 2.71. The summed E-state index contributed by atoms with van der Waals surface area (Å²) in [7, 11) is 0. The number of nitrogens with one attached hydrogen (secondary N) is 1. The fourth-order valence-electron chi connectivity index (χ4n) is 1.37. The lowest BCUT2D eigenvalue weighted by atomic mass is 10.2.